The Hall–Kier alpha value is -3.69. The van der Waals surface area contributed by atoms with E-state index in [0.717, 1.165) is 5.69 Å². The van der Waals surface area contributed by atoms with Crippen molar-refractivity contribution in [2.24, 2.45) is 0 Å². The molecular formula is C21H25N5O5. The van der Waals surface area contributed by atoms with Crippen LogP contribution in [-0.2, 0) is 4.74 Å². The summed E-state index contributed by atoms with van der Waals surface area (Å²) < 4.78 is 5.41. The predicted molar refractivity (Wildman–Crippen MR) is 115 cm³/mol. The smallest absolute Gasteiger partial charge is 0.410 e. The van der Waals surface area contributed by atoms with Crippen LogP contribution in [0, 0.1) is 10.1 Å². The number of carbonyl (C=O) groups excluding carboxylic acids is 2. The maximum absolute atomic E-state index is 12.3. The molecule has 1 fully saturated rings. The second-order valence-corrected chi connectivity index (χ2v) is 8.12. The van der Waals surface area contributed by atoms with Crippen LogP contribution in [0.5, 0.6) is 0 Å². The fourth-order valence-electron chi connectivity index (χ4n) is 3.07. The number of aromatic nitrogens is 1. The average Bonchev–Trinajstić information content (AvgIpc) is 2.73. The van der Waals surface area contributed by atoms with Gasteiger partial charge >= 0.3 is 6.09 Å². The van der Waals surface area contributed by atoms with E-state index in [1.165, 1.54) is 24.3 Å². The number of amides is 2. The zero-order chi connectivity index (χ0) is 22.6. The van der Waals surface area contributed by atoms with Crippen LogP contribution < -0.4 is 10.2 Å². The molecule has 0 unspecified atom stereocenters. The third-order valence-electron chi connectivity index (χ3n) is 4.61. The second-order valence-electron chi connectivity index (χ2n) is 8.12. The summed E-state index contributed by atoms with van der Waals surface area (Å²) in [6.07, 6.45) is 1.33. The van der Waals surface area contributed by atoms with Crippen LogP contribution in [0.3, 0.4) is 0 Å². The number of rotatable bonds is 4. The topological polar surface area (TPSA) is 118 Å². The number of anilines is 2. The minimum Gasteiger partial charge on any atom is -0.444 e. The van der Waals surface area contributed by atoms with Crippen LogP contribution in [0.4, 0.5) is 22.0 Å². The monoisotopic (exact) mass is 427 g/mol. The number of piperazine rings is 1. The van der Waals surface area contributed by atoms with Gasteiger partial charge in [0, 0.05) is 43.9 Å². The number of pyridine rings is 1. The van der Waals surface area contributed by atoms with E-state index in [0.29, 0.717) is 32.0 Å². The molecule has 3 rings (SSSR count). The summed E-state index contributed by atoms with van der Waals surface area (Å²) in [5.41, 5.74) is 0.375. The first-order valence-corrected chi connectivity index (χ1v) is 9.87. The molecule has 1 aromatic carbocycles. The number of nitro benzene ring substituents is 1. The molecule has 1 aromatic heterocycles. The average molecular weight is 427 g/mol. The molecule has 0 aliphatic carbocycles. The summed E-state index contributed by atoms with van der Waals surface area (Å²) in [6, 6.07) is 9.01. The Bertz CT molecular complexity index is 963. The molecular weight excluding hydrogens is 402 g/mol. The summed E-state index contributed by atoms with van der Waals surface area (Å²) in [7, 11) is 0. The van der Waals surface area contributed by atoms with E-state index in [9.17, 15) is 19.7 Å². The Kier molecular flexibility index (Phi) is 6.38. The van der Waals surface area contributed by atoms with Crippen molar-refractivity contribution in [2.45, 2.75) is 26.4 Å². The second kappa shape index (κ2) is 8.99. The van der Waals surface area contributed by atoms with Gasteiger partial charge in [0.1, 0.15) is 11.4 Å². The van der Waals surface area contributed by atoms with Crippen molar-refractivity contribution in [3.05, 3.63) is 58.3 Å². The summed E-state index contributed by atoms with van der Waals surface area (Å²) >= 11 is 0. The van der Waals surface area contributed by atoms with Crippen LogP contribution in [0.2, 0.25) is 0 Å². The largest absolute Gasteiger partial charge is 0.444 e. The van der Waals surface area contributed by atoms with Crippen molar-refractivity contribution in [2.75, 3.05) is 36.4 Å². The van der Waals surface area contributed by atoms with E-state index in [4.69, 9.17) is 4.74 Å². The first kappa shape index (κ1) is 22.0. The standard InChI is InChI=1S/C21H25N5O5/c1-21(2,3)31-20(28)25-11-9-24(10-12-25)17-7-8-18(22-14-17)23-19(27)15-5-4-6-16(13-15)26(29)30/h4-8,13-14H,9-12H2,1-3H3,(H,22,23,27). The molecule has 1 aliphatic heterocycles. The fraction of sp³-hybridized carbons (Fsp3) is 0.381. The van der Waals surface area contributed by atoms with Gasteiger partial charge < -0.3 is 19.9 Å². The molecule has 1 aliphatic rings. The van der Waals surface area contributed by atoms with E-state index in [-0.39, 0.29) is 17.3 Å². The first-order chi connectivity index (χ1) is 14.6. The van der Waals surface area contributed by atoms with E-state index >= 15 is 0 Å². The van der Waals surface area contributed by atoms with Gasteiger partial charge in [-0.2, -0.15) is 0 Å². The van der Waals surface area contributed by atoms with Crippen molar-refractivity contribution >= 4 is 29.2 Å². The Balaban J connectivity index is 1.56. The van der Waals surface area contributed by atoms with Crippen molar-refractivity contribution in [3.63, 3.8) is 0 Å². The molecule has 0 saturated carbocycles. The van der Waals surface area contributed by atoms with Crippen molar-refractivity contribution in [1.82, 2.24) is 9.88 Å². The van der Waals surface area contributed by atoms with Gasteiger partial charge in [-0.05, 0) is 39.0 Å². The van der Waals surface area contributed by atoms with Crippen molar-refractivity contribution < 1.29 is 19.2 Å². The van der Waals surface area contributed by atoms with Crippen LogP contribution in [0.25, 0.3) is 0 Å². The Morgan fingerprint density at radius 2 is 1.84 bits per heavy atom. The van der Waals surface area contributed by atoms with Gasteiger partial charge in [-0.1, -0.05) is 6.07 Å². The molecule has 1 N–H and O–H groups in total. The van der Waals surface area contributed by atoms with Crippen LogP contribution in [0.15, 0.2) is 42.6 Å². The van der Waals surface area contributed by atoms with Crippen molar-refractivity contribution in [3.8, 4) is 0 Å². The highest BCUT2D eigenvalue weighted by atomic mass is 16.6. The summed E-state index contributed by atoms with van der Waals surface area (Å²) in [5.74, 6) is -0.137. The van der Waals surface area contributed by atoms with Gasteiger partial charge in [0.15, 0.2) is 0 Å². The van der Waals surface area contributed by atoms with E-state index in [1.54, 1.807) is 17.2 Å². The molecule has 2 aromatic rings. The van der Waals surface area contributed by atoms with Gasteiger partial charge in [-0.15, -0.1) is 0 Å². The lowest BCUT2D eigenvalue weighted by atomic mass is 10.2. The highest BCUT2D eigenvalue weighted by Crippen LogP contribution is 2.20. The molecule has 164 valence electrons. The number of benzene rings is 1. The number of non-ortho nitro benzene ring substituents is 1. The molecule has 2 heterocycles. The molecule has 0 bridgehead atoms. The van der Waals surface area contributed by atoms with Gasteiger partial charge in [-0.3, -0.25) is 14.9 Å². The number of carbonyl (C=O) groups is 2. The lowest BCUT2D eigenvalue weighted by Gasteiger charge is -2.36. The van der Waals surface area contributed by atoms with E-state index in [1.807, 2.05) is 26.8 Å². The molecule has 0 radical (unpaired) electrons. The highest BCUT2D eigenvalue weighted by Gasteiger charge is 2.26. The lowest BCUT2D eigenvalue weighted by molar-refractivity contribution is -0.384. The minimum atomic E-state index is -0.549. The zero-order valence-corrected chi connectivity index (χ0v) is 17.7. The van der Waals surface area contributed by atoms with E-state index in [2.05, 4.69) is 15.2 Å². The highest BCUT2D eigenvalue weighted by molar-refractivity contribution is 6.04. The number of ether oxygens (including phenoxy) is 1. The Morgan fingerprint density at radius 1 is 1.13 bits per heavy atom. The molecule has 0 spiro atoms. The minimum absolute atomic E-state index is 0.151. The number of hydrogen-bond acceptors (Lipinski definition) is 7. The molecule has 31 heavy (non-hydrogen) atoms. The van der Waals surface area contributed by atoms with Crippen LogP contribution in [-0.4, -0.2) is 58.6 Å². The van der Waals surface area contributed by atoms with Crippen LogP contribution >= 0.6 is 0 Å². The molecule has 10 nitrogen and oxygen atoms in total. The van der Waals surface area contributed by atoms with E-state index < -0.39 is 16.4 Å². The van der Waals surface area contributed by atoms with Gasteiger partial charge in [0.25, 0.3) is 11.6 Å². The number of hydrogen-bond donors (Lipinski definition) is 1. The Morgan fingerprint density at radius 3 is 2.42 bits per heavy atom. The summed E-state index contributed by atoms with van der Waals surface area (Å²) in [6.45, 7) is 7.88. The zero-order valence-electron chi connectivity index (χ0n) is 17.7. The van der Waals surface area contributed by atoms with Gasteiger partial charge in [0.2, 0.25) is 0 Å². The number of nitrogens with zero attached hydrogens (tertiary/aromatic N) is 4. The quantitative estimate of drug-likeness (QED) is 0.587. The lowest BCUT2D eigenvalue weighted by Crippen LogP contribution is -2.50. The first-order valence-electron chi connectivity index (χ1n) is 9.87. The van der Waals surface area contributed by atoms with Gasteiger partial charge in [0.05, 0.1) is 16.8 Å². The summed E-state index contributed by atoms with van der Waals surface area (Å²) in [4.78, 5) is 42.9. The SMILES string of the molecule is CC(C)(C)OC(=O)N1CCN(c2ccc(NC(=O)c3cccc([N+](=O)[O-])c3)nc2)CC1. The number of nitrogens with one attached hydrogen (secondary N) is 1. The van der Waals surface area contributed by atoms with Crippen molar-refractivity contribution in [1.29, 1.82) is 0 Å². The third-order valence-corrected chi connectivity index (χ3v) is 4.61. The predicted octanol–water partition coefficient (Wildman–Crippen LogP) is 3.30. The number of nitro groups is 1. The normalized spacial score (nSPS) is 14.2. The third kappa shape index (κ3) is 5.91. The fourth-order valence-corrected chi connectivity index (χ4v) is 3.07. The summed E-state index contributed by atoms with van der Waals surface area (Å²) in [5, 5.41) is 13.5. The molecule has 1 saturated heterocycles. The Labute approximate surface area is 180 Å². The molecule has 10 heteroatoms. The van der Waals surface area contributed by atoms with Gasteiger partial charge in [-0.25, -0.2) is 9.78 Å². The molecule has 2 amide bonds. The maximum Gasteiger partial charge on any atom is 0.410 e. The van der Waals surface area contributed by atoms with Crippen LogP contribution in [0.1, 0.15) is 31.1 Å². The maximum atomic E-state index is 12.3. The molecule has 0 atom stereocenters.